The fourth-order valence-electron chi connectivity index (χ4n) is 0.740. The number of allylic oxidation sites excluding steroid dienone is 2. The van der Waals surface area contributed by atoms with E-state index in [0.29, 0.717) is 12.2 Å². The van der Waals surface area contributed by atoms with Crippen molar-refractivity contribution >= 4 is 22.8 Å². The Hall–Kier alpha value is 0.190. The molecule has 9 nitrogen and oxygen atoms in total. The van der Waals surface area contributed by atoms with E-state index in [-0.39, 0.29) is 0 Å². The highest BCUT2D eigenvalue weighted by Gasteiger charge is 2.41. The van der Waals surface area contributed by atoms with Gasteiger partial charge in [-0.25, -0.2) is 0 Å². The molecule has 96 valence electrons. The molecule has 0 fully saturated rings. The zero-order valence-corrected chi connectivity index (χ0v) is 10.4. The molecule has 0 rings (SSSR count). The fourth-order valence-corrected chi connectivity index (χ4v) is 3.40. The summed E-state index contributed by atoms with van der Waals surface area (Å²) in [6, 6.07) is 0. The third-order valence-corrected chi connectivity index (χ3v) is 5.55. The van der Waals surface area contributed by atoms with Crippen LogP contribution in [0, 0.1) is 0 Å². The SMILES string of the molecule is O=P(O)(O)C/C=C/C(P(=O)(O)O)P(=O)(O)O. The van der Waals surface area contributed by atoms with Gasteiger partial charge in [0.1, 0.15) is 0 Å². The molecular formula is C4H11O9P3. The van der Waals surface area contributed by atoms with E-state index < -0.39 is 34.3 Å². The van der Waals surface area contributed by atoms with Crippen molar-refractivity contribution in [2.24, 2.45) is 0 Å². The molecule has 0 aliphatic heterocycles. The van der Waals surface area contributed by atoms with Crippen LogP contribution in [0.4, 0.5) is 0 Å². The van der Waals surface area contributed by atoms with Gasteiger partial charge in [-0.05, 0) is 0 Å². The van der Waals surface area contributed by atoms with Crippen LogP contribution in [0.5, 0.6) is 0 Å². The molecule has 16 heavy (non-hydrogen) atoms. The Morgan fingerprint density at radius 3 is 1.50 bits per heavy atom. The molecule has 0 aromatic rings. The lowest BCUT2D eigenvalue weighted by molar-refractivity contribution is 0.346. The van der Waals surface area contributed by atoms with Crippen LogP contribution in [0.1, 0.15) is 0 Å². The highest BCUT2D eigenvalue weighted by Crippen LogP contribution is 2.60. The minimum atomic E-state index is -5.08. The van der Waals surface area contributed by atoms with Gasteiger partial charge < -0.3 is 29.4 Å². The highest BCUT2D eigenvalue weighted by molar-refractivity contribution is 7.71. The summed E-state index contributed by atoms with van der Waals surface area (Å²) in [5.74, 6) is 0. The van der Waals surface area contributed by atoms with Gasteiger partial charge in [0.15, 0.2) is 5.40 Å². The Balaban J connectivity index is 4.93. The second-order valence-electron chi connectivity index (χ2n) is 2.87. The predicted molar refractivity (Wildman–Crippen MR) is 53.9 cm³/mol. The molecule has 0 heterocycles. The summed E-state index contributed by atoms with van der Waals surface area (Å²) < 4.78 is 31.7. The molecular weight excluding hydrogens is 285 g/mol. The van der Waals surface area contributed by atoms with Crippen LogP contribution in [0.15, 0.2) is 12.2 Å². The summed E-state index contributed by atoms with van der Waals surface area (Å²) in [5.41, 5.74) is 0. The lowest BCUT2D eigenvalue weighted by Gasteiger charge is -2.15. The number of rotatable bonds is 5. The molecule has 0 saturated heterocycles. The van der Waals surface area contributed by atoms with Gasteiger partial charge in [0, 0.05) is 0 Å². The zero-order valence-electron chi connectivity index (χ0n) is 7.69. The van der Waals surface area contributed by atoms with Crippen LogP contribution in [-0.2, 0) is 13.7 Å². The smallest absolute Gasteiger partial charge is 0.324 e. The van der Waals surface area contributed by atoms with Gasteiger partial charge in [0.2, 0.25) is 0 Å². The molecule has 0 aromatic carbocycles. The first-order valence-corrected chi connectivity index (χ1v) is 8.82. The van der Waals surface area contributed by atoms with Crippen molar-refractivity contribution in [1.82, 2.24) is 0 Å². The molecule has 0 atom stereocenters. The summed E-state index contributed by atoms with van der Waals surface area (Å²) in [6.07, 6.45) is 0.188. The van der Waals surface area contributed by atoms with Crippen molar-refractivity contribution in [3.05, 3.63) is 12.2 Å². The largest absolute Gasteiger partial charge is 0.344 e. The van der Waals surface area contributed by atoms with Crippen LogP contribution in [0.2, 0.25) is 0 Å². The average molecular weight is 296 g/mol. The van der Waals surface area contributed by atoms with E-state index in [2.05, 4.69) is 0 Å². The van der Waals surface area contributed by atoms with E-state index in [4.69, 9.17) is 29.4 Å². The van der Waals surface area contributed by atoms with Crippen molar-refractivity contribution in [2.75, 3.05) is 6.16 Å². The van der Waals surface area contributed by atoms with Gasteiger partial charge in [0.25, 0.3) is 0 Å². The third kappa shape index (κ3) is 6.70. The van der Waals surface area contributed by atoms with Crippen LogP contribution in [0.25, 0.3) is 0 Å². The highest BCUT2D eigenvalue weighted by atomic mass is 31.2. The van der Waals surface area contributed by atoms with E-state index in [9.17, 15) is 13.7 Å². The van der Waals surface area contributed by atoms with Crippen LogP contribution >= 0.6 is 22.8 Å². The maximum absolute atomic E-state index is 10.7. The van der Waals surface area contributed by atoms with Gasteiger partial charge in [-0.1, -0.05) is 12.2 Å². The first kappa shape index (κ1) is 16.2. The topological polar surface area (TPSA) is 173 Å². The van der Waals surface area contributed by atoms with E-state index in [1.54, 1.807) is 0 Å². The fraction of sp³-hybridized carbons (Fsp3) is 0.500. The minimum absolute atomic E-state index is 0.417. The summed E-state index contributed by atoms with van der Waals surface area (Å²) in [4.78, 5) is 51.3. The van der Waals surface area contributed by atoms with Gasteiger partial charge in [0.05, 0.1) is 6.16 Å². The Kier molecular flexibility index (Phi) is 5.29. The van der Waals surface area contributed by atoms with Crippen molar-refractivity contribution in [3.8, 4) is 0 Å². The van der Waals surface area contributed by atoms with Gasteiger partial charge in [-0.3, -0.25) is 13.7 Å². The first-order valence-electron chi connectivity index (χ1n) is 3.66. The second-order valence-corrected chi connectivity index (χ2v) is 8.44. The lowest BCUT2D eigenvalue weighted by Crippen LogP contribution is -2.05. The molecule has 0 amide bonds. The second kappa shape index (κ2) is 5.23. The monoisotopic (exact) mass is 296 g/mol. The Labute approximate surface area is 90.3 Å². The van der Waals surface area contributed by atoms with E-state index >= 15 is 0 Å². The molecule has 0 bridgehead atoms. The summed E-state index contributed by atoms with van der Waals surface area (Å²) in [7, 11) is -14.6. The lowest BCUT2D eigenvalue weighted by atomic mass is 10.6. The molecule has 0 unspecified atom stereocenters. The molecule has 0 aliphatic carbocycles. The minimum Gasteiger partial charge on any atom is -0.324 e. The van der Waals surface area contributed by atoms with Gasteiger partial charge in [-0.15, -0.1) is 0 Å². The molecule has 0 spiro atoms. The van der Waals surface area contributed by atoms with Crippen molar-refractivity contribution in [2.45, 2.75) is 5.40 Å². The molecule has 0 saturated carbocycles. The normalized spacial score (nSPS) is 14.9. The van der Waals surface area contributed by atoms with Crippen molar-refractivity contribution in [3.63, 3.8) is 0 Å². The Morgan fingerprint density at radius 2 is 1.25 bits per heavy atom. The Morgan fingerprint density at radius 1 is 0.875 bits per heavy atom. The van der Waals surface area contributed by atoms with Crippen molar-refractivity contribution in [1.29, 1.82) is 0 Å². The summed E-state index contributed by atoms with van der Waals surface area (Å²) in [5, 5.41) is -2.38. The summed E-state index contributed by atoms with van der Waals surface area (Å²) in [6.45, 7) is 0. The van der Waals surface area contributed by atoms with E-state index in [1.165, 1.54) is 0 Å². The zero-order chi connectivity index (χ0) is 13.2. The molecule has 0 aromatic heterocycles. The Bertz CT molecular complexity index is 373. The predicted octanol–water partition coefficient (Wildman–Crippen LogP) is -0.598. The van der Waals surface area contributed by atoms with Crippen LogP contribution in [-0.4, -0.2) is 40.9 Å². The number of hydrogen-bond acceptors (Lipinski definition) is 3. The molecule has 12 heteroatoms. The van der Waals surface area contributed by atoms with Gasteiger partial charge in [-0.2, -0.15) is 0 Å². The molecule has 6 N–H and O–H groups in total. The van der Waals surface area contributed by atoms with E-state index in [0.717, 1.165) is 0 Å². The maximum Gasteiger partial charge on any atom is 0.344 e. The van der Waals surface area contributed by atoms with E-state index in [1.807, 2.05) is 0 Å². The van der Waals surface area contributed by atoms with Gasteiger partial charge >= 0.3 is 22.8 Å². The average Bonchev–Trinajstić information content (AvgIpc) is 1.90. The summed E-state index contributed by atoms with van der Waals surface area (Å²) >= 11 is 0. The van der Waals surface area contributed by atoms with Crippen molar-refractivity contribution < 1.29 is 43.1 Å². The standard InChI is InChI=1S/C4H11O9P3/c5-14(6,7)3-1-2-4(15(8,9)10)16(11,12)13/h1-2,4H,3H2,(H2,5,6,7)(H2,8,9,10)(H2,11,12,13)/b2-1+. The van der Waals surface area contributed by atoms with Crippen LogP contribution < -0.4 is 0 Å². The number of hydrogen-bond donors (Lipinski definition) is 6. The third-order valence-electron chi connectivity index (χ3n) is 1.34. The molecule has 0 aliphatic rings. The maximum atomic E-state index is 10.7. The molecule has 0 radical (unpaired) electrons. The first-order chi connectivity index (χ1) is 6.84. The quantitative estimate of drug-likeness (QED) is 0.286. The van der Waals surface area contributed by atoms with Crippen LogP contribution in [0.3, 0.4) is 0 Å².